The van der Waals surface area contributed by atoms with Gasteiger partial charge in [-0.1, -0.05) is 24.3 Å². The van der Waals surface area contributed by atoms with Crippen molar-refractivity contribution in [3.8, 4) is 5.75 Å². The number of hydrogen-bond acceptors (Lipinski definition) is 3. The Bertz CT molecular complexity index is 864. The zero-order chi connectivity index (χ0) is 20.1. The lowest BCUT2D eigenvalue weighted by molar-refractivity contribution is 0.0664. The zero-order valence-corrected chi connectivity index (χ0v) is 16.1. The Balaban J connectivity index is 1.53. The van der Waals surface area contributed by atoms with E-state index in [1.807, 2.05) is 13.0 Å². The molecule has 3 rings (SSSR count). The van der Waals surface area contributed by atoms with E-state index < -0.39 is 0 Å². The summed E-state index contributed by atoms with van der Waals surface area (Å²) in [5, 5.41) is 2.73. The van der Waals surface area contributed by atoms with Gasteiger partial charge in [0.1, 0.15) is 11.6 Å². The molecule has 1 heterocycles. The Kier molecular flexibility index (Phi) is 6.13. The highest BCUT2D eigenvalue weighted by atomic mass is 19.1. The second-order valence-corrected chi connectivity index (χ2v) is 6.71. The number of carbonyl (C=O) groups is 2. The predicted molar refractivity (Wildman–Crippen MR) is 104 cm³/mol. The van der Waals surface area contributed by atoms with Crippen LogP contribution in [-0.2, 0) is 6.54 Å². The van der Waals surface area contributed by atoms with Gasteiger partial charge in [0.2, 0.25) is 0 Å². The number of halogens is 1. The summed E-state index contributed by atoms with van der Waals surface area (Å²) in [4.78, 5) is 28.4. The van der Waals surface area contributed by atoms with Crippen LogP contribution in [0.15, 0.2) is 42.5 Å². The van der Waals surface area contributed by atoms with Crippen molar-refractivity contribution in [2.24, 2.45) is 0 Å². The Morgan fingerprint density at radius 1 is 1.07 bits per heavy atom. The van der Waals surface area contributed by atoms with Crippen LogP contribution < -0.4 is 10.1 Å². The average Bonchev–Trinajstić information content (AvgIpc) is 2.73. The Labute approximate surface area is 163 Å². The number of benzene rings is 2. The van der Waals surface area contributed by atoms with Crippen molar-refractivity contribution < 1.29 is 18.7 Å². The van der Waals surface area contributed by atoms with Gasteiger partial charge in [-0.25, -0.2) is 9.18 Å². The largest absolute Gasteiger partial charge is 0.496 e. The van der Waals surface area contributed by atoms with Gasteiger partial charge in [0, 0.05) is 43.9 Å². The molecule has 2 aromatic rings. The molecule has 0 spiro atoms. The first kappa shape index (κ1) is 19.7. The molecule has 0 radical (unpaired) electrons. The number of ether oxygens (including phenoxy) is 1. The minimum atomic E-state index is -0.341. The molecule has 0 aromatic heterocycles. The van der Waals surface area contributed by atoms with Crippen LogP contribution in [0, 0.1) is 12.7 Å². The SMILES string of the molecule is COc1cc(C(=O)N2CCN(C(=O)NCc3ccccc3F)CC2)ccc1C. The normalized spacial score (nSPS) is 14.0. The summed E-state index contributed by atoms with van der Waals surface area (Å²) >= 11 is 0. The molecule has 0 aliphatic carbocycles. The van der Waals surface area contributed by atoms with E-state index in [2.05, 4.69) is 5.32 Å². The number of urea groups is 1. The van der Waals surface area contributed by atoms with Crippen molar-refractivity contribution in [3.05, 3.63) is 65.0 Å². The van der Waals surface area contributed by atoms with Gasteiger partial charge in [-0.3, -0.25) is 4.79 Å². The zero-order valence-electron chi connectivity index (χ0n) is 16.1. The second kappa shape index (κ2) is 8.73. The van der Waals surface area contributed by atoms with E-state index >= 15 is 0 Å². The van der Waals surface area contributed by atoms with E-state index in [-0.39, 0.29) is 24.3 Å². The first-order chi connectivity index (χ1) is 13.5. The Morgan fingerprint density at radius 2 is 1.75 bits per heavy atom. The van der Waals surface area contributed by atoms with Crippen LogP contribution in [-0.4, -0.2) is 55.0 Å². The van der Waals surface area contributed by atoms with Crippen molar-refractivity contribution in [1.82, 2.24) is 15.1 Å². The van der Waals surface area contributed by atoms with Crippen molar-refractivity contribution >= 4 is 11.9 Å². The average molecular weight is 385 g/mol. The molecular formula is C21H24FN3O3. The van der Waals surface area contributed by atoms with Crippen LogP contribution in [0.4, 0.5) is 9.18 Å². The fourth-order valence-electron chi connectivity index (χ4n) is 3.17. The molecule has 148 valence electrons. The fourth-order valence-corrected chi connectivity index (χ4v) is 3.17. The van der Waals surface area contributed by atoms with Crippen molar-refractivity contribution in [1.29, 1.82) is 0 Å². The minimum Gasteiger partial charge on any atom is -0.496 e. The van der Waals surface area contributed by atoms with Crippen LogP contribution in [0.25, 0.3) is 0 Å². The lowest BCUT2D eigenvalue weighted by atomic mass is 10.1. The van der Waals surface area contributed by atoms with Gasteiger partial charge >= 0.3 is 6.03 Å². The van der Waals surface area contributed by atoms with Crippen LogP contribution >= 0.6 is 0 Å². The van der Waals surface area contributed by atoms with Crippen molar-refractivity contribution in [2.45, 2.75) is 13.5 Å². The molecule has 2 aromatic carbocycles. The Hall–Kier alpha value is -3.09. The summed E-state index contributed by atoms with van der Waals surface area (Å²) in [6.07, 6.45) is 0. The summed E-state index contributed by atoms with van der Waals surface area (Å²) in [5.74, 6) is 0.258. The highest BCUT2D eigenvalue weighted by Gasteiger charge is 2.25. The lowest BCUT2D eigenvalue weighted by Gasteiger charge is -2.34. The lowest BCUT2D eigenvalue weighted by Crippen LogP contribution is -2.53. The first-order valence-corrected chi connectivity index (χ1v) is 9.19. The maximum Gasteiger partial charge on any atom is 0.317 e. The molecule has 28 heavy (non-hydrogen) atoms. The monoisotopic (exact) mass is 385 g/mol. The van der Waals surface area contributed by atoms with E-state index in [9.17, 15) is 14.0 Å². The van der Waals surface area contributed by atoms with Gasteiger partial charge in [0.15, 0.2) is 0 Å². The second-order valence-electron chi connectivity index (χ2n) is 6.71. The number of piperazine rings is 1. The third kappa shape index (κ3) is 4.42. The number of nitrogens with zero attached hydrogens (tertiary/aromatic N) is 2. The maximum absolute atomic E-state index is 13.6. The molecular weight excluding hydrogens is 361 g/mol. The highest BCUT2D eigenvalue weighted by Crippen LogP contribution is 2.20. The van der Waals surface area contributed by atoms with Crippen LogP contribution in [0.2, 0.25) is 0 Å². The van der Waals surface area contributed by atoms with E-state index in [1.54, 1.807) is 47.2 Å². The number of nitrogens with one attached hydrogen (secondary N) is 1. The number of hydrogen-bond donors (Lipinski definition) is 1. The van der Waals surface area contributed by atoms with Gasteiger partial charge in [-0.15, -0.1) is 0 Å². The van der Waals surface area contributed by atoms with Gasteiger partial charge in [-0.2, -0.15) is 0 Å². The minimum absolute atomic E-state index is 0.0790. The van der Waals surface area contributed by atoms with Crippen LogP contribution in [0.5, 0.6) is 5.75 Å². The van der Waals surface area contributed by atoms with E-state index in [0.717, 1.165) is 5.56 Å². The van der Waals surface area contributed by atoms with Gasteiger partial charge in [-0.05, 0) is 30.7 Å². The molecule has 1 N–H and O–H groups in total. The molecule has 1 saturated heterocycles. The highest BCUT2D eigenvalue weighted by molar-refractivity contribution is 5.95. The first-order valence-electron chi connectivity index (χ1n) is 9.19. The summed E-state index contributed by atoms with van der Waals surface area (Å²) in [6.45, 7) is 3.81. The van der Waals surface area contributed by atoms with E-state index in [4.69, 9.17) is 4.74 Å². The van der Waals surface area contributed by atoms with E-state index in [1.165, 1.54) is 6.07 Å². The molecule has 1 aliphatic rings. The summed E-state index contributed by atoms with van der Waals surface area (Å²) in [7, 11) is 1.58. The van der Waals surface area contributed by atoms with Crippen LogP contribution in [0.1, 0.15) is 21.5 Å². The molecule has 1 aliphatic heterocycles. The number of carbonyl (C=O) groups excluding carboxylic acids is 2. The molecule has 0 unspecified atom stereocenters. The van der Waals surface area contributed by atoms with Crippen molar-refractivity contribution in [2.75, 3.05) is 33.3 Å². The smallest absolute Gasteiger partial charge is 0.317 e. The van der Waals surface area contributed by atoms with Gasteiger partial charge in [0.05, 0.1) is 7.11 Å². The summed E-state index contributed by atoms with van der Waals surface area (Å²) < 4.78 is 18.9. The summed E-state index contributed by atoms with van der Waals surface area (Å²) in [6, 6.07) is 11.5. The van der Waals surface area contributed by atoms with E-state index in [0.29, 0.717) is 43.1 Å². The molecule has 7 heteroatoms. The molecule has 6 nitrogen and oxygen atoms in total. The maximum atomic E-state index is 13.6. The molecule has 0 atom stereocenters. The third-order valence-electron chi connectivity index (χ3n) is 4.90. The number of amides is 3. The van der Waals surface area contributed by atoms with Gasteiger partial charge in [0.25, 0.3) is 5.91 Å². The topological polar surface area (TPSA) is 61.9 Å². The molecule has 0 saturated carbocycles. The fraction of sp³-hybridized carbons (Fsp3) is 0.333. The Morgan fingerprint density at radius 3 is 2.43 bits per heavy atom. The van der Waals surface area contributed by atoms with Crippen LogP contribution in [0.3, 0.4) is 0 Å². The standard InChI is InChI=1S/C21H24FN3O3/c1-15-7-8-16(13-19(15)28-2)20(26)24-9-11-25(12-10-24)21(27)23-14-17-5-3-4-6-18(17)22/h3-8,13H,9-12,14H2,1-2H3,(H,23,27). The number of rotatable bonds is 4. The quantitative estimate of drug-likeness (QED) is 0.880. The predicted octanol–water partition coefficient (Wildman–Crippen LogP) is 2.81. The molecule has 1 fully saturated rings. The van der Waals surface area contributed by atoms with Crippen molar-refractivity contribution in [3.63, 3.8) is 0 Å². The number of methoxy groups -OCH3 is 1. The third-order valence-corrected chi connectivity index (χ3v) is 4.90. The van der Waals surface area contributed by atoms with Gasteiger partial charge < -0.3 is 19.9 Å². The molecule has 3 amide bonds. The molecule has 0 bridgehead atoms. The number of aryl methyl sites for hydroxylation is 1. The summed E-state index contributed by atoms with van der Waals surface area (Å²) in [5.41, 5.74) is 1.98.